The van der Waals surface area contributed by atoms with Crippen LogP contribution in [0.5, 0.6) is 0 Å². The molecule has 0 aliphatic rings. The molecule has 3 aromatic rings. The highest BCUT2D eigenvalue weighted by Gasteiger charge is 2.11. The Morgan fingerprint density at radius 2 is 2.17 bits per heavy atom. The van der Waals surface area contributed by atoms with Crippen LogP contribution in [-0.2, 0) is 6.54 Å². The van der Waals surface area contributed by atoms with Gasteiger partial charge in [0.25, 0.3) is 0 Å². The van der Waals surface area contributed by atoms with Crippen molar-refractivity contribution in [3.05, 3.63) is 37.5 Å². The van der Waals surface area contributed by atoms with E-state index in [2.05, 4.69) is 47.9 Å². The molecule has 92 valence electrons. The molecule has 0 bridgehead atoms. The SMILES string of the molecule is Nc1nc2cc(Br)cnc2n1Cc1ccc(Br)s1. The zero-order valence-electron chi connectivity index (χ0n) is 9.10. The first kappa shape index (κ1) is 12.1. The van der Waals surface area contributed by atoms with Crippen molar-refractivity contribution in [3.63, 3.8) is 0 Å². The highest BCUT2D eigenvalue weighted by Crippen LogP contribution is 2.26. The summed E-state index contributed by atoms with van der Waals surface area (Å²) in [6, 6.07) is 6.01. The summed E-state index contributed by atoms with van der Waals surface area (Å²) < 4.78 is 3.93. The molecule has 0 unspecified atom stereocenters. The monoisotopic (exact) mass is 386 g/mol. The predicted molar refractivity (Wildman–Crippen MR) is 80.8 cm³/mol. The summed E-state index contributed by atoms with van der Waals surface area (Å²) in [5, 5.41) is 0. The van der Waals surface area contributed by atoms with Gasteiger partial charge < -0.3 is 5.73 Å². The Balaban J connectivity index is 2.08. The molecular formula is C11H8Br2N4S. The Morgan fingerprint density at radius 1 is 1.33 bits per heavy atom. The molecule has 0 saturated heterocycles. The molecule has 0 atom stereocenters. The number of hydrogen-bond acceptors (Lipinski definition) is 4. The topological polar surface area (TPSA) is 56.7 Å². The van der Waals surface area contributed by atoms with Crippen LogP contribution < -0.4 is 5.73 Å². The third-order valence-electron chi connectivity index (χ3n) is 2.52. The zero-order valence-corrected chi connectivity index (χ0v) is 13.1. The van der Waals surface area contributed by atoms with Gasteiger partial charge in [0, 0.05) is 15.5 Å². The second kappa shape index (κ2) is 4.64. The van der Waals surface area contributed by atoms with Gasteiger partial charge in [-0.25, -0.2) is 9.97 Å². The van der Waals surface area contributed by atoms with Crippen LogP contribution in [0.4, 0.5) is 5.95 Å². The van der Waals surface area contributed by atoms with Gasteiger partial charge in [0.05, 0.1) is 10.3 Å². The van der Waals surface area contributed by atoms with E-state index in [1.54, 1.807) is 17.5 Å². The van der Waals surface area contributed by atoms with E-state index in [1.165, 1.54) is 4.88 Å². The van der Waals surface area contributed by atoms with Gasteiger partial charge in [-0.05, 0) is 50.1 Å². The molecular weight excluding hydrogens is 380 g/mol. The summed E-state index contributed by atoms with van der Waals surface area (Å²) in [6.07, 6.45) is 1.75. The lowest BCUT2D eigenvalue weighted by atomic mass is 10.4. The van der Waals surface area contributed by atoms with Gasteiger partial charge in [-0.1, -0.05) is 0 Å². The summed E-state index contributed by atoms with van der Waals surface area (Å²) in [6.45, 7) is 0.688. The van der Waals surface area contributed by atoms with Crippen LogP contribution in [0.25, 0.3) is 11.2 Å². The predicted octanol–water partition coefficient (Wildman–Crippen LogP) is 3.65. The van der Waals surface area contributed by atoms with Crippen molar-refractivity contribution in [2.24, 2.45) is 0 Å². The molecule has 0 amide bonds. The maximum Gasteiger partial charge on any atom is 0.202 e. The number of imidazole rings is 1. The van der Waals surface area contributed by atoms with E-state index >= 15 is 0 Å². The number of rotatable bonds is 2. The van der Waals surface area contributed by atoms with Crippen LogP contribution in [0.3, 0.4) is 0 Å². The second-order valence-corrected chi connectivity index (χ2v) is 7.22. The number of nitrogens with zero attached hydrogens (tertiary/aromatic N) is 3. The van der Waals surface area contributed by atoms with Crippen LogP contribution in [0.2, 0.25) is 0 Å². The van der Waals surface area contributed by atoms with Crippen molar-refractivity contribution in [2.45, 2.75) is 6.54 Å². The molecule has 0 fully saturated rings. The number of nitrogens with two attached hydrogens (primary N) is 1. The fourth-order valence-corrected chi connectivity index (χ4v) is 3.54. The number of nitrogen functional groups attached to an aromatic ring is 1. The average Bonchev–Trinajstić information content (AvgIpc) is 2.84. The number of fused-ring (bicyclic) bond motifs is 1. The molecule has 0 aliphatic carbocycles. The van der Waals surface area contributed by atoms with Crippen molar-refractivity contribution in [3.8, 4) is 0 Å². The number of halogens is 2. The first-order valence-corrected chi connectivity index (χ1v) is 7.55. The first-order chi connectivity index (χ1) is 8.63. The van der Waals surface area contributed by atoms with E-state index in [0.29, 0.717) is 12.5 Å². The van der Waals surface area contributed by atoms with Gasteiger partial charge in [0.2, 0.25) is 5.95 Å². The van der Waals surface area contributed by atoms with E-state index in [0.717, 1.165) is 19.4 Å². The van der Waals surface area contributed by atoms with Crippen LogP contribution in [0.1, 0.15) is 4.88 Å². The molecule has 0 spiro atoms. The largest absolute Gasteiger partial charge is 0.369 e. The highest BCUT2D eigenvalue weighted by molar-refractivity contribution is 9.11. The van der Waals surface area contributed by atoms with E-state index in [1.807, 2.05) is 16.7 Å². The van der Waals surface area contributed by atoms with Gasteiger partial charge in [0.15, 0.2) is 5.65 Å². The lowest BCUT2D eigenvalue weighted by molar-refractivity contribution is 0.841. The van der Waals surface area contributed by atoms with E-state index < -0.39 is 0 Å². The molecule has 0 saturated carbocycles. The standard InChI is InChI=1S/C11H8Br2N4S/c12-6-3-8-10(15-4-6)17(11(14)16-8)5-7-1-2-9(13)18-7/h1-4H,5H2,(H2,14,16). The van der Waals surface area contributed by atoms with Crippen molar-refractivity contribution in [1.29, 1.82) is 0 Å². The summed E-state index contributed by atoms with van der Waals surface area (Å²) >= 11 is 8.52. The van der Waals surface area contributed by atoms with E-state index in [-0.39, 0.29) is 0 Å². The van der Waals surface area contributed by atoms with E-state index in [4.69, 9.17) is 5.73 Å². The van der Waals surface area contributed by atoms with Gasteiger partial charge in [-0.2, -0.15) is 0 Å². The van der Waals surface area contributed by atoms with Crippen LogP contribution in [-0.4, -0.2) is 14.5 Å². The molecule has 0 aliphatic heterocycles. The van der Waals surface area contributed by atoms with Gasteiger partial charge in [-0.15, -0.1) is 11.3 Å². The third-order valence-corrected chi connectivity index (χ3v) is 4.57. The molecule has 0 aromatic carbocycles. The number of thiophene rings is 1. The molecule has 3 aromatic heterocycles. The minimum absolute atomic E-state index is 0.486. The average molecular weight is 388 g/mol. The molecule has 18 heavy (non-hydrogen) atoms. The maximum atomic E-state index is 5.95. The van der Waals surface area contributed by atoms with E-state index in [9.17, 15) is 0 Å². The Hall–Kier alpha value is -0.920. The van der Waals surface area contributed by atoms with Crippen molar-refractivity contribution in [1.82, 2.24) is 14.5 Å². The fraction of sp³-hybridized carbons (Fsp3) is 0.0909. The Bertz CT molecular complexity index is 719. The molecule has 0 radical (unpaired) electrons. The highest BCUT2D eigenvalue weighted by atomic mass is 79.9. The summed E-state index contributed by atoms with van der Waals surface area (Å²) in [5.41, 5.74) is 7.56. The van der Waals surface area contributed by atoms with Crippen molar-refractivity contribution < 1.29 is 0 Å². The smallest absolute Gasteiger partial charge is 0.202 e. The fourth-order valence-electron chi connectivity index (χ4n) is 1.75. The van der Waals surface area contributed by atoms with Crippen molar-refractivity contribution in [2.75, 3.05) is 5.73 Å². The maximum absolute atomic E-state index is 5.95. The van der Waals surface area contributed by atoms with Gasteiger partial charge in [-0.3, -0.25) is 4.57 Å². The Kier molecular flexibility index (Phi) is 3.13. The molecule has 3 heterocycles. The van der Waals surface area contributed by atoms with Gasteiger partial charge in [0.1, 0.15) is 5.52 Å². The molecule has 4 nitrogen and oxygen atoms in total. The summed E-state index contributed by atoms with van der Waals surface area (Å²) in [7, 11) is 0. The normalized spacial score (nSPS) is 11.2. The molecule has 3 rings (SSSR count). The quantitative estimate of drug-likeness (QED) is 0.730. The van der Waals surface area contributed by atoms with Gasteiger partial charge >= 0.3 is 0 Å². The lowest BCUT2D eigenvalue weighted by Crippen LogP contribution is -2.04. The molecule has 2 N–H and O–H groups in total. The van der Waals surface area contributed by atoms with Crippen molar-refractivity contribution >= 4 is 60.3 Å². The minimum Gasteiger partial charge on any atom is -0.369 e. The third kappa shape index (κ3) is 2.17. The zero-order chi connectivity index (χ0) is 12.7. The number of aromatic nitrogens is 3. The van der Waals surface area contributed by atoms with Crippen LogP contribution >= 0.6 is 43.2 Å². The lowest BCUT2D eigenvalue weighted by Gasteiger charge is -2.03. The summed E-state index contributed by atoms with van der Waals surface area (Å²) in [4.78, 5) is 9.90. The number of pyridine rings is 1. The van der Waals surface area contributed by atoms with Crippen LogP contribution in [0.15, 0.2) is 32.7 Å². The Labute approximate surface area is 124 Å². The second-order valence-electron chi connectivity index (χ2n) is 3.76. The minimum atomic E-state index is 0.486. The Morgan fingerprint density at radius 3 is 2.89 bits per heavy atom. The summed E-state index contributed by atoms with van der Waals surface area (Å²) in [5.74, 6) is 0.486. The first-order valence-electron chi connectivity index (χ1n) is 5.15. The van der Waals surface area contributed by atoms with Crippen LogP contribution in [0, 0.1) is 0 Å². The number of hydrogen-bond donors (Lipinski definition) is 1. The molecule has 7 heteroatoms. The number of anilines is 1.